The maximum atomic E-state index is 9.26. The molecular formula is C6H10O2S. The van der Waals surface area contributed by atoms with Crippen LogP contribution in [-0.4, -0.2) is 22.6 Å². The minimum Gasteiger partial charge on any atom is -0.390 e. The molecule has 1 aliphatic heterocycles. The van der Waals surface area contributed by atoms with E-state index in [1.54, 1.807) is 12.0 Å². The zero-order valence-corrected chi connectivity index (χ0v) is 5.93. The number of aliphatic hydroxyl groups excluding tert-OH is 1. The maximum absolute atomic E-state index is 9.26. The van der Waals surface area contributed by atoms with Crippen LogP contribution in [0.2, 0.25) is 0 Å². The summed E-state index contributed by atoms with van der Waals surface area (Å²) in [5.74, 6) is 0. The van der Waals surface area contributed by atoms with Crippen molar-refractivity contribution in [2.24, 2.45) is 0 Å². The number of hydrogen-bond donors (Lipinski definition) is 1. The molecule has 0 spiro atoms. The lowest BCUT2D eigenvalue weighted by Gasteiger charge is -2.20. The van der Waals surface area contributed by atoms with Gasteiger partial charge in [0.25, 0.3) is 0 Å². The van der Waals surface area contributed by atoms with Crippen LogP contribution in [0.3, 0.4) is 0 Å². The summed E-state index contributed by atoms with van der Waals surface area (Å²) < 4.78 is 5.26. The van der Waals surface area contributed by atoms with Crippen LogP contribution < -0.4 is 0 Å². The van der Waals surface area contributed by atoms with Crippen molar-refractivity contribution in [1.82, 2.24) is 0 Å². The third-order valence-corrected chi connectivity index (χ3v) is 3.08. The van der Waals surface area contributed by atoms with E-state index in [4.69, 9.17) is 4.18 Å². The Morgan fingerprint density at radius 1 is 1.44 bits per heavy atom. The monoisotopic (exact) mass is 146 g/mol. The van der Waals surface area contributed by atoms with E-state index in [2.05, 4.69) is 0 Å². The van der Waals surface area contributed by atoms with Crippen molar-refractivity contribution in [2.45, 2.75) is 36.7 Å². The van der Waals surface area contributed by atoms with E-state index in [1.807, 2.05) is 0 Å². The quantitative estimate of drug-likeness (QED) is 0.516. The van der Waals surface area contributed by atoms with Gasteiger partial charge in [-0.05, 0) is 31.3 Å². The second kappa shape index (κ2) is 2.15. The Kier molecular flexibility index (Phi) is 1.43. The largest absolute Gasteiger partial charge is 0.390 e. The fourth-order valence-electron chi connectivity index (χ4n) is 1.42. The molecule has 0 aromatic carbocycles. The molecule has 1 aliphatic carbocycles. The molecule has 3 heteroatoms. The Balaban J connectivity index is 2.05. The minimum atomic E-state index is -0.184. The minimum absolute atomic E-state index is 0.147. The van der Waals surface area contributed by atoms with E-state index in [0.717, 1.165) is 19.3 Å². The Morgan fingerprint density at radius 2 is 2.33 bits per heavy atom. The van der Waals surface area contributed by atoms with E-state index in [9.17, 15) is 5.11 Å². The summed E-state index contributed by atoms with van der Waals surface area (Å²) in [7, 11) is 0. The molecule has 0 aromatic heterocycles. The van der Waals surface area contributed by atoms with E-state index in [-0.39, 0.29) is 12.2 Å². The molecule has 0 aromatic rings. The van der Waals surface area contributed by atoms with Crippen molar-refractivity contribution in [3.05, 3.63) is 0 Å². The summed E-state index contributed by atoms with van der Waals surface area (Å²) >= 11 is 1.56. The van der Waals surface area contributed by atoms with Crippen LogP contribution in [0.4, 0.5) is 0 Å². The topological polar surface area (TPSA) is 29.5 Å². The highest BCUT2D eigenvalue weighted by Gasteiger charge is 2.36. The fraction of sp³-hybridized carbons (Fsp3) is 1.00. The number of fused-ring (bicyclic) bond motifs is 2. The molecular weight excluding hydrogens is 136 g/mol. The van der Waals surface area contributed by atoms with Crippen LogP contribution in [0.1, 0.15) is 19.3 Å². The van der Waals surface area contributed by atoms with Crippen LogP contribution in [0, 0.1) is 0 Å². The molecule has 0 amide bonds. The van der Waals surface area contributed by atoms with E-state index in [0.29, 0.717) is 5.25 Å². The highest BCUT2D eigenvalue weighted by Crippen LogP contribution is 2.39. The second-order valence-electron chi connectivity index (χ2n) is 2.73. The van der Waals surface area contributed by atoms with Gasteiger partial charge in [-0.3, -0.25) is 0 Å². The lowest BCUT2D eigenvalue weighted by molar-refractivity contribution is 0.0366. The Bertz CT molecular complexity index is 118. The summed E-state index contributed by atoms with van der Waals surface area (Å²) in [4.78, 5) is 0. The molecule has 9 heavy (non-hydrogen) atoms. The van der Waals surface area contributed by atoms with E-state index < -0.39 is 0 Å². The first-order valence-corrected chi connectivity index (χ1v) is 4.17. The van der Waals surface area contributed by atoms with Gasteiger partial charge in [-0.2, -0.15) is 0 Å². The lowest BCUT2D eigenvalue weighted by atomic mass is 9.95. The first kappa shape index (κ1) is 6.01. The first-order valence-electron chi connectivity index (χ1n) is 3.36. The summed E-state index contributed by atoms with van der Waals surface area (Å²) in [5.41, 5.74) is 0. The molecule has 0 radical (unpaired) electrons. The first-order chi connectivity index (χ1) is 4.36. The highest BCUT2D eigenvalue weighted by molar-refractivity contribution is 7.95. The van der Waals surface area contributed by atoms with Gasteiger partial charge in [0, 0.05) is 5.25 Å². The van der Waals surface area contributed by atoms with Crippen molar-refractivity contribution >= 4 is 12.0 Å². The molecule has 52 valence electrons. The molecule has 1 N–H and O–H groups in total. The third kappa shape index (κ3) is 0.974. The number of rotatable bonds is 0. The van der Waals surface area contributed by atoms with Crippen LogP contribution in [-0.2, 0) is 4.18 Å². The molecule has 2 rings (SSSR count). The molecule has 3 unspecified atom stereocenters. The van der Waals surface area contributed by atoms with Gasteiger partial charge < -0.3 is 9.29 Å². The summed E-state index contributed by atoms with van der Waals surface area (Å²) in [6, 6.07) is 0. The Labute approximate surface area is 58.8 Å². The molecule has 2 fully saturated rings. The van der Waals surface area contributed by atoms with Crippen LogP contribution in [0.5, 0.6) is 0 Å². The van der Waals surface area contributed by atoms with Gasteiger partial charge in [0.05, 0.1) is 12.2 Å². The molecule has 3 atom stereocenters. The zero-order chi connectivity index (χ0) is 6.27. The lowest BCUT2D eigenvalue weighted by Crippen LogP contribution is -2.29. The molecule has 1 heterocycles. The normalized spacial score (nSPS) is 49.7. The van der Waals surface area contributed by atoms with Crippen LogP contribution in [0.15, 0.2) is 0 Å². The molecule has 2 bridgehead atoms. The van der Waals surface area contributed by atoms with Crippen molar-refractivity contribution in [1.29, 1.82) is 0 Å². The van der Waals surface area contributed by atoms with Gasteiger partial charge in [-0.25, -0.2) is 0 Å². The van der Waals surface area contributed by atoms with Crippen LogP contribution in [0.25, 0.3) is 0 Å². The van der Waals surface area contributed by atoms with E-state index >= 15 is 0 Å². The van der Waals surface area contributed by atoms with Crippen molar-refractivity contribution in [3.63, 3.8) is 0 Å². The van der Waals surface area contributed by atoms with Crippen molar-refractivity contribution in [2.75, 3.05) is 0 Å². The van der Waals surface area contributed by atoms with Gasteiger partial charge in [-0.1, -0.05) is 0 Å². The van der Waals surface area contributed by atoms with Crippen LogP contribution >= 0.6 is 12.0 Å². The second-order valence-corrected chi connectivity index (χ2v) is 3.78. The van der Waals surface area contributed by atoms with E-state index in [1.165, 1.54) is 0 Å². The Morgan fingerprint density at radius 3 is 3.11 bits per heavy atom. The standard InChI is InChI=1S/C6H10O2S/c7-5-2-1-4-3-6(5)8-9-4/h4-7H,1-3H2. The van der Waals surface area contributed by atoms with Gasteiger partial charge in [0.2, 0.25) is 0 Å². The summed E-state index contributed by atoms with van der Waals surface area (Å²) in [6.07, 6.45) is 3.08. The molecule has 1 saturated heterocycles. The molecule has 1 saturated carbocycles. The average Bonchev–Trinajstić information content (AvgIpc) is 2.25. The summed E-state index contributed by atoms with van der Waals surface area (Å²) in [5, 5.41) is 9.94. The van der Waals surface area contributed by atoms with Gasteiger partial charge in [0.15, 0.2) is 0 Å². The number of hydrogen-bond acceptors (Lipinski definition) is 3. The maximum Gasteiger partial charge on any atom is 0.0992 e. The van der Waals surface area contributed by atoms with Crippen molar-refractivity contribution in [3.8, 4) is 0 Å². The Hall–Kier alpha value is 0.270. The fourth-order valence-corrected chi connectivity index (χ4v) is 2.42. The zero-order valence-electron chi connectivity index (χ0n) is 5.12. The number of aliphatic hydroxyl groups is 1. The van der Waals surface area contributed by atoms with Crippen molar-refractivity contribution < 1.29 is 9.29 Å². The molecule has 2 nitrogen and oxygen atoms in total. The predicted octanol–water partition coefficient (Wildman–Crippen LogP) is 0.947. The molecule has 2 aliphatic rings. The summed E-state index contributed by atoms with van der Waals surface area (Å²) in [6.45, 7) is 0. The van der Waals surface area contributed by atoms with Gasteiger partial charge >= 0.3 is 0 Å². The third-order valence-electron chi connectivity index (χ3n) is 2.02. The van der Waals surface area contributed by atoms with Gasteiger partial charge in [-0.15, -0.1) is 0 Å². The SMILES string of the molecule is OC1CCC2CC1OS2. The highest BCUT2D eigenvalue weighted by atomic mass is 32.2. The smallest absolute Gasteiger partial charge is 0.0992 e. The van der Waals surface area contributed by atoms with Gasteiger partial charge in [0.1, 0.15) is 0 Å². The average molecular weight is 146 g/mol. The predicted molar refractivity (Wildman–Crippen MR) is 36.1 cm³/mol.